The van der Waals surface area contributed by atoms with Gasteiger partial charge in [0, 0.05) is 10.6 Å². The number of benzene rings is 1. The molecular formula is C10H8ClN3O. The number of ketones is 1. The second kappa shape index (κ2) is 4.23. The fraction of sp³-hybridized carbons (Fsp3) is 0.100. The maximum atomic E-state index is 11.7. The lowest BCUT2D eigenvalue weighted by Crippen LogP contribution is -2.04. The van der Waals surface area contributed by atoms with Crippen molar-refractivity contribution in [1.29, 1.82) is 0 Å². The average Bonchev–Trinajstić information content (AvgIpc) is 2.71. The van der Waals surface area contributed by atoms with Crippen LogP contribution in [0.1, 0.15) is 16.2 Å². The second-order valence-electron chi connectivity index (χ2n) is 3.04. The Balaban J connectivity index is 2.11. The highest BCUT2D eigenvalue weighted by Crippen LogP contribution is 2.11. The van der Waals surface area contributed by atoms with Gasteiger partial charge in [-0.25, -0.2) is 4.98 Å². The summed E-state index contributed by atoms with van der Waals surface area (Å²) < 4.78 is 0. The largest absolute Gasteiger partial charge is 0.294 e. The van der Waals surface area contributed by atoms with Gasteiger partial charge in [-0.05, 0) is 24.3 Å². The molecule has 0 aliphatic carbocycles. The Labute approximate surface area is 91.3 Å². The average molecular weight is 222 g/mol. The Bertz CT molecular complexity index is 450. The molecular weight excluding hydrogens is 214 g/mol. The van der Waals surface area contributed by atoms with Crippen LogP contribution >= 0.6 is 11.6 Å². The van der Waals surface area contributed by atoms with E-state index in [1.807, 2.05) is 0 Å². The van der Waals surface area contributed by atoms with Gasteiger partial charge in [0.15, 0.2) is 5.78 Å². The number of nitrogens with one attached hydrogen (secondary N) is 1. The number of H-pyrrole nitrogens is 1. The number of carbonyl (C=O) groups excluding carboxylic acids is 1. The van der Waals surface area contributed by atoms with E-state index in [0.29, 0.717) is 16.4 Å². The lowest BCUT2D eigenvalue weighted by Gasteiger charge is -1.98. The van der Waals surface area contributed by atoms with Gasteiger partial charge in [-0.2, -0.15) is 5.10 Å². The molecule has 1 aromatic carbocycles. The molecule has 0 spiro atoms. The lowest BCUT2D eigenvalue weighted by molar-refractivity contribution is 0.0991. The van der Waals surface area contributed by atoms with Gasteiger partial charge in [0.2, 0.25) is 0 Å². The van der Waals surface area contributed by atoms with E-state index in [1.54, 1.807) is 24.3 Å². The Morgan fingerprint density at radius 1 is 1.33 bits per heavy atom. The van der Waals surface area contributed by atoms with E-state index in [2.05, 4.69) is 15.2 Å². The van der Waals surface area contributed by atoms with E-state index in [1.165, 1.54) is 6.33 Å². The first kappa shape index (κ1) is 9.86. The summed E-state index contributed by atoms with van der Waals surface area (Å²) in [6, 6.07) is 6.77. The molecule has 5 heteroatoms. The van der Waals surface area contributed by atoms with Crippen LogP contribution in [0.4, 0.5) is 0 Å². The summed E-state index contributed by atoms with van der Waals surface area (Å²) >= 11 is 5.72. The van der Waals surface area contributed by atoms with Crippen LogP contribution in [0.5, 0.6) is 0 Å². The normalized spacial score (nSPS) is 10.2. The monoisotopic (exact) mass is 221 g/mol. The third kappa shape index (κ3) is 2.41. The number of carbonyl (C=O) groups is 1. The molecule has 0 amide bonds. The number of rotatable bonds is 3. The standard InChI is InChI=1S/C10H8ClN3O/c11-8-3-1-7(2-4-8)9(15)5-10-12-6-13-14-10/h1-4,6H,5H2,(H,12,13,14). The number of halogens is 1. The highest BCUT2D eigenvalue weighted by Gasteiger charge is 2.08. The maximum absolute atomic E-state index is 11.7. The van der Waals surface area contributed by atoms with E-state index in [-0.39, 0.29) is 12.2 Å². The Morgan fingerprint density at radius 2 is 2.07 bits per heavy atom. The summed E-state index contributed by atoms with van der Waals surface area (Å²) in [5, 5.41) is 6.93. The van der Waals surface area contributed by atoms with Crippen molar-refractivity contribution in [3.05, 3.63) is 47.0 Å². The van der Waals surface area contributed by atoms with Crippen LogP contribution in [0, 0.1) is 0 Å². The van der Waals surface area contributed by atoms with Crippen molar-refractivity contribution in [1.82, 2.24) is 15.2 Å². The molecule has 76 valence electrons. The quantitative estimate of drug-likeness (QED) is 0.806. The Morgan fingerprint density at radius 3 is 2.67 bits per heavy atom. The molecule has 1 N–H and O–H groups in total. The zero-order valence-electron chi connectivity index (χ0n) is 7.77. The molecule has 0 saturated heterocycles. The third-order valence-electron chi connectivity index (χ3n) is 1.96. The van der Waals surface area contributed by atoms with Crippen LogP contribution in [0.15, 0.2) is 30.6 Å². The first-order valence-electron chi connectivity index (χ1n) is 4.39. The summed E-state index contributed by atoms with van der Waals surface area (Å²) in [5.41, 5.74) is 0.621. The van der Waals surface area contributed by atoms with Crippen LogP contribution in [0.25, 0.3) is 0 Å². The van der Waals surface area contributed by atoms with Crippen molar-refractivity contribution in [3.63, 3.8) is 0 Å². The zero-order chi connectivity index (χ0) is 10.7. The van der Waals surface area contributed by atoms with Crippen LogP contribution in [-0.4, -0.2) is 21.0 Å². The number of nitrogens with zero attached hydrogens (tertiary/aromatic N) is 2. The first-order valence-corrected chi connectivity index (χ1v) is 4.76. The fourth-order valence-corrected chi connectivity index (χ4v) is 1.33. The van der Waals surface area contributed by atoms with Crippen LogP contribution in [0.2, 0.25) is 5.02 Å². The highest BCUT2D eigenvalue weighted by molar-refractivity contribution is 6.30. The van der Waals surface area contributed by atoms with Crippen molar-refractivity contribution < 1.29 is 4.79 Å². The van der Waals surface area contributed by atoms with Crippen LogP contribution in [-0.2, 0) is 6.42 Å². The summed E-state index contributed by atoms with van der Waals surface area (Å²) in [7, 11) is 0. The van der Waals surface area contributed by atoms with Crippen molar-refractivity contribution in [2.24, 2.45) is 0 Å². The van der Waals surface area contributed by atoms with Gasteiger partial charge < -0.3 is 0 Å². The molecule has 2 rings (SSSR count). The maximum Gasteiger partial charge on any atom is 0.170 e. The fourth-order valence-electron chi connectivity index (χ4n) is 1.21. The predicted molar refractivity (Wildman–Crippen MR) is 55.9 cm³/mol. The van der Waals surface area contributed by atoms with Crippen molar-refractivity contribution in [3.8, 4) is 0 Å². The minimum atomic E-state index is -0.0107. The summed E-state index contributed by atoms with van der Waals surface area (Å²) in [6.45, 7) is 0. The van der Waals surface area contributed by atoms with E-state index in [0.717, 1.165) is 0 Å². The molecule has 0 bridgehead atoms. The van der Waals surface area contributed by atoms with E-state index in [9.17, 15) is 4.79 Å². The van der Waals surface area contributed by atoms with Crippen LogP contribution in [0.3, 0.4) is 0 Å². The molecule has 2 aromatic rings. The molecule has 0 fully saturated rings. The van der Waals surface area contributed by atoms with Gasteiger partial charge in [-0.1, -0.05) is 11.6 Å². The topological polar surface area (TPSA) is 58.6 Å². The smallest absolute Gasteiger partial charge is 0.170 e. The number of Topliss-reactive ketones (excluding diaryl/α,β-unsaturated/α-hetero) is 1. The van der Waals surface area contributed by atoms with Gasteiger partial charge in [-0.15, -0.1) is 0 Å². The second-order valence-corrected chi connectivity index (χ2v) is 3.48. The molecule has 0 aliphatic rings. The summed E-state index contributed by atoms with van der Waals surface area (Å²) in [4.78, 5) is 15.6. The molecule has 0 atom stereocenters. The predicted octanol–water partition coefficient (Wildman–Crippen LogP) is 1.88. The Kier molecular flexibility index (Phi) is 2.78. The summed E-state index contributed by atoms with van der Waals surface area (Å²) in [5.74, 6) is 0.554. The van der Waals surface area contributed by atoms with E-state index >= 15 is 0 Å². The van der Waals surface area contributed by atoms with Crippen molar-refractivity contribution in [2.75, 3.05) is 0 Å². The lowest BCUT2D eigenvalue weighted by atomic mass is 10.1. The number of hydrogen-bond donors (Lipinski definition) is 1. The van der Waals surface area contributed by atoms with Crippen LogP contribution < -0.4 is 0 Å². The molecule has 0 radical (unpaired) electrons. The third-order valence-corrected chi connectivity index (χ3v) is 2.21. The molecule has 0 aliphatic heterocycles. The van der Waals surface area contributed by atoms with Gasteiger partial charge in [0.1, 0.15) is 12.2 Å². The minimum absolute atomic E-state index is 0.0107. The highest BCUT2D eigenvalue weighted by atomic mass is 35.5. The zero-order valence-corrected chi connectivity index (χ0v) is 8.53. The van der Waals surface area contributed by atoms with Gasteiger partial charge >= 0.3 is 0 Å². The van der Waals surface area contributed by atoms with Gasteiger partial charge in [-0.3, -0.25) is 9.89 Å². The first-order chi connectivity index (χ1) is 7.25. The molecule has 0 saturated carbocycles. The molecule has 0 unspecified atom stereocenters. The molecule has 1 heterocycles. The summed E-state index contributed by atoms with van der Waals surface area (Å²) in [6.07, 6.45) is 1.60. The van der Waals surface area contributed by atoms with E-state index < -0.39 is 0 Å². The SMILES string of the molecule is O=C(Cc1ncn[nH]1)c1ccc(Cl)cc1. The Hall–Kier alpha value is -1.68. The number of hydrogen-bond acceptors (Lipinski definition) is 3. The minimum Gasteiger partial charge on any atom is -0.294 e. The number of aromatic amines is 1. The van der Waals surface area contributed by atoms with E-state index in [4.69, 9.17) is 11.6 Å². The van der Waals surface area contributed by atoms with Gasteiger partial charge in [0.25, 0.3) is 0 Å². The molecule has 15 heavy (non-hydrogen) atoms. The van der Waals surface area contributed by atoms with Gasteiger partial charge in [0.05, 0.1) is 6.42 Å². The van der Waals surface area contributed by atoms with Crippen molar-refractivity contribution in [2.45, 2.75) is 6.42 Å². The molecule has 4 nitrogen and oxygen atoms in total. The molecule has 1 aromatic heterocycles. The number of aromatic nitrogens is 3. The van der Waals surface area contributed by atoms with Crippen molar-refractivity contribution >= 4 is 17.4 Å².